The Balaban J connectivity index is 2.31. The van der Waals surface area contributed by atoms with Gasteiger partial charge < -0.3 is 5.11 Å². The van der Waals surface area contributed by atoms with Crippen LogP contribution in [0.1, 0.15) is 22.8 Å². The highest BCUT2D eigenvalue weighted by atomic mass is 35.5. The fraction of sp³-hybridized carbons (Fsp3) is 0.133. The quantitative estimate of drug-likeness (QED) is 0.858. The first-order valence-electron chi connectivity index (χ1n) is 5.67. The summed E-state index contributed by atoms with van der Waals surface area (Å²) in [5.74, 6) is 0. The lowest BCUT2D eigenvalue weighted by Crippen LogP contribution is -2.08. The third kappa shape index (κ3) is 2.97. The number of carbonyl (C=O) groups is 1. The second-order valence-corrected chi connectivity index (χ2v) is 4.44. The monoisotopic (exact) mass is 260 g/mol. The lowest BCUT2D eigenvalue weighted by atomic mass is 9.97. The molecule has 2 aromatic rings. The first-order valence-corrected chi connectivity index (χ1v) is 6.05. The van der Waals surface area contributed by atoms with Crippen molar-refractivity contribution < 1.29 is 9.90 Å². The molecule has 0 aliphatic heterocycles. The summed E-state index contributed by atoms with van der Waals surface area (Å²) >= 11 is 5.35. The highest BCUT2D eigenvalue weighted by Crippen LogP contribution is 2.22. The maximum atomic E-state index is 11.1. The molecule has 2 nitrogen and oxygen atoms in total. The molecular formula is C15H13ClO2. The average Bonchev–Trinajstić information content (AvgIpc) is 2.39. The predicted octanol–water partition coefficient (Wildman–Crippen LogP) is 3.08. The molecule has 1 atom stereocenters. The van der Waals surface area contributed by atoms with Gasteiger partial charge >= 0.3 is 0 Å². The van der Waals surface area contributed by atoms with E-state index in [0.29, 0.717) is 12.0 Å². The summed E-state index contributed by atoms with van der Waals surface area (Å²) in [6.07, 6.45) is -0.593. The second-order valence-electron chi connectivity index (χ2n) is 4.07. The normalized spacial score (nSPS) is 12.1. The summed E-state index contributed by atoms with van der Waals surface area (Å²) in [5.41, 5.74) is 2.60. The molecule has 1 N–H and O–H groups in total. The van der Waals surface area contributed by atoms with E-state index in [1.807, 2.05) is 42.5 Å². The Morgan fingerprint density at radius 2 is 1.67 bits per heavy atom. The van der Waals surface area contributed by atoms with E-state index >= 15 is 0 Å². The van der Waals surface area contributed by atoms with Crippen LogP contribution in [0, 0.1) is 0 Å². The largest absolute Gasteiger partial charge is 0.379 e. The van der Waals surface area contributed by atoms with Crippen molar-refractivity contribution in [3.05, 3.63) is 71.3 Å². The summed E-state index contributed by atoms with van der Waals surface area (Å²) in [5, 5.41) is 9.02. The van der Waals surface area contributed by atoms with Crippen molar-refractivity contribution in [1.82, 2.24) is 0 Å². The van der Waals surface area contributed by atoms with Gasteiger partial charge in [0.05, 0.1) is 0 Å². The Morgan fingerprint density at radius 1 is 1.06 bits per heavy atom. The highest BCUT2D eigenvalue weighted by molar-refractivity contribution is 6.64. The molecule has 0 aliphatic rings. The molecule has 0 spiro atoms. The van der Waals surface area contributed by atoms with E-state index in [2.05, 4.69) is 0 Å². The molecule has 0 bridgehead atoms. The molecular weight excluding hydrogens is 248 g/mol. The maximum absolute atomic E-state index is 11.1. The maximum Gasteiger partial charge on any atom is 0.254 e. The van der Waals surface area contributed by atoms with Gasteiger partial charge in [0.25, 0.3) is 5.24 Å². The van der Waals surface area contributed by atoms with Crippen LogP contribution < -0.4 is 0 Å². The number of halogens is 1. The first kappa shape index (κ1) is 12.8. The molecule has 0 amide bonds. The number of hydrogen-bond donors (Lipinski definition) is 1. The van der Waals surface area contributed by atoms with Gasteiger partial charge in [-0.25, -0.2) is 0 Å². The molecule has 92 valence electrons. The number of aliphatic hydroxyl groups excluding tert-OH is 1. The molecule has 3 heteroatoms. The van der Waals surface area contributed by atoms with Crippen LogP contribution in [0.3, 0.4) is 0 Å². The molecule has 0 aromatic heterocycles. The molecule has 1 unspecified atom stereocenters. The first-order chi connectivity index (χ1) is 8.68. The lowest BCUT2D eigenvalue weighted by Gasteiger charge is -2.12. The summed E-state index contributed by atoms with van der Waals surface area (Å²) in [6.45, 7) is 0. The minimum Gasteiger partial charge on any atom is -0.379 e. The molecule has 2 rings (SSSR count). The van der Waals surface area contributed by atoms with Gasteiger partial charge in [0.1, 0.15) is 0 Å². The van der Waals surface area contributed by atoms with Gasteiger partial charge in [0.2, 0.25) is 0 Å². The van der Waals surface area contributed by atoms with Crippen molar-refractivity contribution in [2.75, 3.05) is 0 Å². The minimum atomic E-state index is -1.26. The summed E-state index contributed by atoms with van der Waals surface area (Å²) < 4.78 is 0. The van der Waals surface area contributed by atoms with Gasteiger partial charge in [-0.2, -0.15) is 0 Å². The number of benzene rings is 2. The van der Waals surface area contributed by atoms with Gasteiger partial charge in [-0.15, -0.1) is 0 Å². The summed E-state index contributed by atoms with van der Waals surface area (Å²) in [4.78, 5) is 11.1. The van der Waals surface area contributed by atoms with Crippen molar-refractivity contribution >= 4 is 16.8 Å². The van der Waals surface area contributed by atoms with Crippen molar-refractivity contribution in [1.29, 1.82) is 0 Å². The van der Waals surface area contributed by atoms with Crippen LogP contribution in [-0.4, -0.2) is 10.3 Å². The van der Waals surface area contributed by atoms with Crippen LogP contribution in [0.2, 0.25) is 0 Å². The zero-order chi connectivity index (χ0) is 13.0. The fourth-order valence-electron chi connectivity index (χ4n) is 1.90. The van der Waals surface area contributed by atoms with Gasteiger partial charge in [0, 0.05) is 0 Å². The van der Waals surface area contributed by atoms with Crippen molar-refractivity contribution in [3.63, 3.8) is 0 Å². The van der Waals surface area contributed by atoms with Crippen molar-refractivity contribution in [2.45, 2.75) is 12.5 Å². The van der Waals surface area contributed by atoms with E-state index in [9.17, 15) is 9.90 Å². The molecule has 18 heavy (non-hydrogen) atoms. The van der Waals surface area contributed by atoms with Crippen LogP contribution in [0.15, 0.2) is 54.6 Å². The average molecular weight is 261 g/mol. The molecule has 0 radical (unpaired) electrons. The van der Waals surface area contributed by atoms with E-state index in [1.165, 1.54) is 0 Å². The predicted molar refractivity (Wildman–Crippen MR) is 71.5 cm³/mol. The third-order valence-corrected chi connectivity index (χ3v) is 3.01. The number of aliphatic hydroxyl groups is 1. The standard InChI is InChI=1S/C15H13ClO2/c16-15(18)14(17)13-9-5-4-8-12(13)10-11-6-2-1-3-7-11/h1-9,14,17H,10H2. The van der Waals surface area contributed by atoms with E-state index < -0.39 is 11.3 Å². The van der Waals surface area contributed by atoms with Crippen molar-refractivity contribution in [2.24, 2.45) is 0 Å². The Kier molecular flexibility index (Phi) is 4.13. The Hall–Kier alpha value is -1.64. The number of rotatable bonds is 4. The van der Waals surface area contributed by atoms with Crippen LogP contribution in [-0.2, 0) is 11.2 Å². The number of hydrogen-bond acceptors (Lipinski definition) is 2. The van der Waals surface area contributed by atoms with E-state index in [-0.39, 0.29) is 0 Å². The van der Waals surface area contributed by atoms with Crippen LogP contribution in [0.4, 0.5) is 0 Å². The molecule has 2 aromatic carbocycles. The van der Waals surface area contributed by atoms with Crippen LogP contribution in [0.5, 0.6) is 0 Å². The zero-order valence-corrected chi connectivity index (χ0v) is 10.5. The molecule has 0 aliphatic carbocycles. The minimum absolute atomic E-state index is 0.571. The summed E-state index contributed by atoms with van der Waals surface area (Å²) in [7, 11) is 0. The molecule has 0 fully saturated rings. The van der Waals surface area contributed by atoms with Gasteiger partial charge in [0.15, 0.2) is 6.10 Å². The SMILES string of the molecule is O=C(Cl)C(O)c1ccccc1Cc1ccccc1. The summed E-state index contributed by atoms with van der Waals surface area (Å²) in [6, 6.07) is 17.2. The highest BCUT2D eigenvalue weighted by Gasteiger charge is 2.17. The van der Waals surface area contributed by atoms with Crippen LogP contribution in [0.25, 0.3) is 0 Å². The van der Waals surface area contributed by atoms with E-state index in [1.54, 1.807) is 12.1 Å². The van der Waals surface area contributed by atoms with Crippen LogP contribution >= 0.6 is 11.6 Å². The third-order valence-electron chi connectivity index (χ3n) is 2.80. The van der Waals surface area contributed by atoms with E-state index in [4.69, 9.17) is 11.6 Å². The fourth-order valence-corrected chi connectivity index (χ4v) is 2.02. The topological polar surface area (TPSA) is 37.3 Å². The van der Waals surface area contributed by atoms with Gasteiger partial charge in [-0.1, -0.05) is 54.6 Å². The van der Waals surface area contributed by atoms with Gasteiger partial charge in [-0.05, 0) is 34.7 Å². The molecule has 0 saturated carbocycles. The van der Waals surface area contributed by atoms with Crippen molar-refractivity contribution in [3.8, 4) is 0 Å². The second kappa shape index (κ2) is 5.80. The lowest BCUT2D eigenvalue weighted by molar-refractivity contribution is -0.119. The molecule has 0 heterocycles. The molecule has 0 saturated heterocycles. The Bertz CT molecular complexity index is 537. The Labute approximate surface area is 111 Å². The smallest absolute Gasteiger partial charge is 0.254 e. The van der Waals surface area contributed by atoms with E-state index in [0.717, 1.165) is 11.1 Å². The number of carbonyl (C=O) groups excluding carboxylic acids is 1. The van der Waals surface area contributed by atoms with Gasteiger partial charge in [-0.3, -0.25) is 4.79 Å². The zero-order valence-electron chi connectivity index (χ0n) is 9.71. The Morgan fingerprint density at radius 3 is 2.33 bits per heavy atom.